The Morgan fingerprint density at radius 2 is 1.91 bits per heavy atom. The summed E-state index contributed by atoms with van der Waals surface area (Å²) in [6.07, 6.45) is 2.49. The summed E-state index contributed by atoms with van der Waals surface area (Å²) in [5.41, 5.74) is 4.62. The minimum Gasteiger partial charge on any atom is -0.327 e. The lowest BCUT2D eigenvalue weighted by Gasteiger charge is -2.35. The van der Waals surface area contributed by atoms with Crippen LogP contribution in [0.2, 0.25) is 0 Å². The molecule has 0 radical (unpaired) electrons. The molecule has 3 nitrogen and oxygen atoms in total. The molecule has 0 spiro atoms. The van der Waals surface area contributed by atoms with Gasteiger partial charge in [0.25, 0.3) is 0 Å². The topological polar surface area (TPSA) is 32.3 Å². The fraction of sp³-hybridized carbons (Fsp3) is 0.316. The molecule has 2 amide bonds. The van der Waals surface area contributed by atoms with Gasteiger partial charge in [0.15, 0.2) is 0 Å². The highest BCUT2D eigenvalue weighted by atomic mass is 16.2. The molecule has 2 aromatic carbocycles. The van der Waals surface area contributed by atoms with Gasteiger partial charge in [-0.1, -0.05) is 48.0 Å². The third-order valence-electron chi connectivity index (χ3n) is 4.57. The maximum absolute atomic E-state index is 12.6. The molecule has 3 heteroatoms. The summed E-state index contributed by atoms with van der Waals surface area (Å²) in [6.45, 7) is 2.94. The van der Waals surface area contributed by atoms with Crippen molar-refractivity contribution < 1.29 is 4.79 Å². The van der Waals surface area contributed by atoms with Crippen LogP contribution < -0.4 is 10.2 Å². The quantitative estimate of drug-likeness (QED) is 0.910. The van der Waals surface area contributed by atoms with Gasteiger partial charge in [0.2, 0.25) is 0 Å². The fourth-order valence-electron chi connectivity index (χ4n) is 3.19. The normalized spacial score (nSPS) is 20.5. The van der Waals surface area contributed by atoms with E-state index in [1.165, 1.54) is 24.0 Å². The maximum Gasteiger partial charge on any atom is 0.322 e. The van der Waals surface area contributed by atoms with Gasteiger partial charge < -0.3 is 5.32 Å². The molecule has 1 heterocycles. The lowest BCUT2D eigenvalue weighted by Crippen LogP contribution is -2.47. The highest BCUT2D eigenvalue weighted by Gasteiger charge is 2.35. The number of rotatable bonds is 3. The Hall–Kier alpha value is -2.29. The number of fused-ring (bicyclic) bond motifs is 1. The Morgan fingerprint density at radius 3 is 2.64 bits per heavy atom. The molecule has 112 valence electrons. The molecular formula is C19H20N2O. The number of nitrogens with one attached hydrogen (secondary N) is 1. The van der Waals surface area contributed by atoms with Gasteiger partial charge in [0, 0.05) is 12.1 Å². The number of benzene rings is 2. The van der Waals surface area contributed by atoms with E-state index < -0.39 is 0 Å². The molecule has 1 atom stereocenters. The van der Waals surface area contributed by atoms with Gasteiger partial charge in [-0.15, -0.1) is 0 Å². The molecule has 1 unspecified atom stereocenters. The van der Waals surface area contributed by atoms with E-state index in [-0.39, 0.29) is 12.1 Å². The van der Waals surface area contributed by atoms with Crippen molar-refractivity contribution >= 4 is 11.7 Å². The first-order chi connectivity index (χ1) is 10.7. The number of hydrogen-bond acceptors (Lipinski definition) is 1. The summed E-state index contributed by atoms with van der Waals surface area (Å²) in [7, 11) is 0. The average molecular weight is 292 g/mol. The van der Waals surface area contributed by atoms with Crippen molar-refractivity contribution in [3.63, 3.8) is 0 Å². The van der Waals surface area contributed by atoms with Crippen molar-refractivity contribution in [2.24, 2.45) is 5.92 Å². The molecule has 0 aromatic heterocycles. The van der Waals surface area contributed by atoms with Crippen LogP contribution in [0.1, 0.15) is 35.6 Å². The number of aryl methyl sites for hydroxylation is 1. The molecule has 1 aliphatic heterocycles. The van der Waals surface area contributed by atoms with Crippen LogP contribution in [0.4, 0.5) is 10.5 Å². The van der Waals surface area contributed by atoms with Gasteiger partial charge >= 0.3 is 6.03 Å². The monoisotopic (exact) mass is 292 g/mol. The molecule has 1 fully saturated rings. The highest BCUT2D eigenvalue weighted by Crippen LogP contribution is 2.38. The zero-order chi connectivity index (χ0) is 15.1. The van der Waals surface area contributed by atoms with E-state index in [0.717, 1.165) is 17.8 Å². The second-order valence-corrected chi connectivity index (χ2v) is 6.41. The lowest BCUT2D eigenvalue weighted by molar-refractivity contribution is 0.242. The predicted octanol–water partition coefficient (Wildman–Crippen LogP) is 4.02. The summed E-state index contributed by atoms with van der Waals surface area (Å²) in [6, 6.07) is 16.6. The summed E-state index contributed by atoms with van der Waals surface area (Å²) in [5.74, 6) is 0.674. The molecule has 0 bridgehead atoms. The average Bonchev–Trinajstić information content (AvgIpc) is 3.35. The van der Waals surface area contributed by atoms with Gasteiger partial charge in [-0.25, -0.2) is 4.79 Å². The maximum atomic E-state index is 12.6. The number of nitrogens with zero attached hydrogens (tertiary/aromatic N) is 1. The smallest absolute Gasteiger partial charge is 0.322 e. The molecule has 1 saturated carbocycles. The van der Waals surface area contributed by atoms with Gasteiger partial charge in [0.1, 0.15) is 0 Å². The van der Waals surface area contributed by atoms with Crippen molar-refractivity contribution in [3.8, 4) is 0 Å². The minimum atomic E-state index is -0.0564. The zero-order valence-corrected chi connectivity index (χ0v) is 12.8. The minimum absolute atomic E-state index is 0.0251. The zero-order valence-electron chi connectivity index (χ0n) is 12.8. The largest absolute Gasteiger partial charge is 0.327 e. The first-order valence-electron chi connectivity index (χ1n) is 7.96. The molecule has 2 aromatic rings. The second-order valence-electron chi connectivity index (χ2n) is 6.41. The van der Waals surface area contributed by atoms with Gasteiger partial charge in [-0.3, -0.25) is 4.90 Å². The van der Waals surface area contributed by atoms with Crippen LogP contribution in [-0.2, 0) is 0 Å². The Labute approximate surface area is 131 Å². The Balaban J connectivity index is 1.79. The van der Waals surface area contributed by atoms with Crippen LogP contribution in [0.3, 0.4) is 0 Å². The molecule has 1 aliphatic carbocycles. The van der Waals surface area contributed by atoms with Crippen LogP contribution in [0.5, 0.6) is 0 Å². The predicted molar refractivity (Wildman–Crippen MR) is 88.1 cm³/mol. The molecular weight excluding hydrogens is 272 g/mol. The molecule has 0 saturated heterocycles. The van der Waals surface area contributed by atoms with Crippen molar-refractivity contribution in [1.82, 2.24) is 5.32 Å². The third kappa shape index (κ3) is 2.37. The number of hydrogen-bond donors (Lipinski definition) is 1. The Bertz CT molecular complexity index is 707. The first kappa shape index (κ1) is 13.4. The first-order valence-corrected chi connectivity index (χ1v) is 7.96. The third-order valence-corrected chi connectivity index (χ3v) is 4.57. The number of anilines is 1. The standard InChI is InChI=1S/C19H20N2O/c1-13-7-10-17-16(11-13)18(15-5-3-2-4-6-15)20-19(22)21(17)12-14-8-9-14/h2-7,10-11,14,18H,8-9,12H2,1H3,(H,20,22). The van der Waals surface area contributed by atoms with Crippen LogP contribution in [0.25, 0.3) is 0 Å². The molecule has 4 rings (SSSR count). The number of carbonyl (C=O) groups is 1. The SMILES string of the molecule is Cc1ccc2c(c1)C(c1ccccc1)NC(=O)N2CC1CC1. The van der Waals surface area contributed by atoms with E-state index in [2.05, 4.69) is 42.6 Å². The molecule has 1 N–H and O–H groups in total. The number of amides is 2. The number of carbonyl (C=O) groups excluding carboxylic acids is 1. The van der Waals surface area contributed by atoms with Crippen molar-refractivity contribution in [3.05, 3.63) is 65.2 Å². The van der Waals surface area contributed by atoms with Crippen LogP contribution in [0.15, 0.2) is 48.5 Å². The van der Waals surface area contributed by atoms with Crippen molar-refractivity contribution in [1.29, 1.82) is 0 Å². The summed E-state index contributed by atoms with van der Waals surface area (Å²) in [4.78, 5) is 14.5. The van der Waals surface area contributed by atoms with Crippen molar-refractivity contribution in [2.45, 2.75) is 25.8 Å². The van der Waals surface area contributed by atoms with Gasteiger partial charge in [0.05, 0.1) is 11.7 Å². The Morgan fingerprint density at radius 1 is 1.14 bits per heavy atom. The summed E-state index contributed by atoms with van der Waals surface area (Å²) < 4.78 is 0. The van der Waals surface area contributed by atoms with E-state index in [1.54, 1.807) is 0 Å². The molecule has 22 heavy (non-hydrogen) atoms. The fourth-order valence-corrected chi connectivity index (χ4v) is 3.19. The highest BCUT2D eigenvalue weighted by molar-refractivity contribution is 5.96. The Kier molecular flexibility index (Phi) is 3.14. The van der Waals surface area contributed by atoms with E-state index in [1.807, 2.05) is 23.1 Å². The summed E-state index contributed by atoms with van der Waals surface area (Å²) >= 11 is 0. The molecule has 2 aliphatic rings. The van der Waals surface area contributed by atoms with Crippen LogP contribution in [-0.4, -0.2) is 12.6 Å². The van der Waals surface area contributed by atoms with E-state index >= 15 is 0 Å². The second kappa shape index (κ2) is 5.16. The van der Waals surface area contributed by atoms with Crippen LogP contribution >= 0.6 is 0 Å². The van der Waals surface area contributed by atoms with E-state index in [9.17, 15) is 4.79 Å². The van der Waals surface area contributed by atoms with E-state index in [0.29, 0.717) is 5.92 Å². The van der Waals surface area contributed by atoms with E-state index in [4.69, 9.17) is 0 Å². The van der Waals surface area contributed by atoms with Gasteiger partial charge in [-0.2, -0.15) is 0 Å². The van der Waals surface area contributed by atoms with Crippen LogP contribution in [0, 0.1) is 12.8 Å². The summed E-state index contributed by atoms with van der Waals surface area (Å²) in [5, 5.41) is 3.19. The number of urea groups is 1. The lowest BCUT2D eigenvalue weighted by atomic mass is 9.93. The van der Waals surface area contributed by atoms with Crippen molar-refractivity contribution in [2.75, 3.05) is 11.4 Å². The van der Waals surface area contributed by atoms with Gasteiger partial charge in [-0.05, 0) is 37.3 Å².